The third-order valence-electron chi connectivity index (χ3n) is 3.73. The third kappa shape index (κ3) is 7.39. The summed E-state index contributed by atoms with van der Waals surface area (Å²) in [5, 5.41) is 56.5. The Hall–Kier alpha value is -1.79. The summed E-state index contributed by atoms with van der Waals surface area (Å²) in [6, 6.07) is -1.52. The summed E-state index contributed by atoms with van der Waals surface area (Å²) < 4.78 is 5.58. The monoisotopic (exact) mass is 386 g/mol. The van der Waals surface area contributed by atoms with Gasteiger partial charge in [-0.05, 0) is 26.6 Å². The molecular formula is C14H28B2N4O7. The Balaban J connectivity index is 3.18. The quantitative estimate of drug-likeness (QED) is 0.126. The molecule has 1 unspecified atom stereocenters. The zero-order valence-electron chi connectivity index (χ0n) is 15.8. The summed E-state index contributed by atoms with van der Waals surface area (Å²) in [4.78, 5) is 15.6. The lowest BCUT2D eigenvalue weighted by Crippen LogP contribution is -2.64. The van der Waals surface area contributed by atoms with Crippen molar-refractivity contribution < 1.29 is 34.9 Å². The van der Waals surface area contributed by atoms with Crippen molar-refractivity contribution in [1.29, 1.82) is 0 Å². The van der Waals surface area contributed by atoms with E-state index in [-0.39, 0.29) is 5.96 Å². The van der Waals surface area contributed by atoms with Crippen molar-refractivity contribution in [2.75, 3.05) is 6.61 Å². The smallest absolute Gasteiger partial charge is 0.431 e. The first-order chi connectivity index (χ1) is 12.5. The number of guanidine groups is 1. The molecule has 152 valence electrons. The Morgan fingerprint density at radius 3 is 2.44 bits per heavy atom. The molecule has 1 aliphatic rings. The van der Waals surface area contributed by atoms with Crippen LogP contribution in [0, 0.1) is 0 Å². The molecule has 27 heavy (non-hydrogen) atoms. The molecule has 0 aliphatic carbocycles. The number of nitrogens with one attached hydrogen (secondary N) is 3. The number of carbonyl (C=O) groups is 1. The van der Waals surface area contributed by atoms with Crippen LogP contribution >= 0.6 is 0 Å². The number of amides is 1. The van der Waals surface area contributed by atoms with Crippen LogP contribution in [0.4, 0.5) is 0 Å². The maximum absolute atomic E-state index is 11.7. The van der Waals surface area contributed by atoms with Gasteiger partial charge in [0.2, 0.25) is 5.91 Å². The summed E-state index contributed by atoms with van der Waals surface area (Å²) in [6.45, 7) is 5.10. The maximum Gasteiger partial charge on any atom is 0.431 e. The minimum absolute atomic E-state index is 0.0576. The van der Waals surface area contributed by atoms with E-state index < -0.39 is 57.0 Å². The van der Waals surface area contributed by atoms with E-state index in [1.807, 2.05) is 0 Å². The minimum atomic E-state index is -1.48. The second-order valence-corrected chi connectivity index (χ2v) is 6.43. The first kappa shape index (κ1) is 23.2. The molecule has 0 aromatic rings. The topological polar surface area (TPSA) is 176 Å². The number of rotatable bonds is 7. The zero-order valence-corrected chi connectivity index (χ0v) is 15.8. The molecule has 1 heterocycles. The van der Waals surface area contributed by atoms with E-state index in [4.69, 9.17) is 9.84 Å². The van der Waals surface area contributed by atoms with E-state index in [2.05, 4.69) is 20.8 Å². The predicted molar refractivity (Wildman–Crippen MR) is 101 cm³/mol. The fourth-order valence-corrected chi connectivity index (χ4v) is 2.69. The number of allylic oxidation sites excluding steroid dienone is 1. The number of aliphatic hydroxyl groups is 3. The Bertz CT molecular complexity index is 562. The van der Waals surface area contributed by atoms with E-state index in [1.54, 1.807) is 13.0 Å². The lowest BCUT2D eigenvalue weighted by Gasteiger charge is -2.41. The van der Waals surface area contributed by atoms with Crippen LogP contribution in [0.2, 0.25) is 13.6 Å². The lowest BCUT2D eigenvalue weighted by atomic mass is 9.87. The molecule has 0 aromatic carbocycles. The van der Waals surface area contributed by atoms with Gasteiger partial charge in [0.1, 0.15) is 18.3 Å². The molecule has 1 rings (SSSR count). The summed E-state index contributed by atoms with van der Waals surface area (Å²) in [5.41, 5.74) is 0. The standard InChI is InChI=1S/C14H28B2N4O7/c1-7-5-9(18-14(19-15(3)25)20-16(4)26)11(17-8(2)22)13(27-7)12(24)10(23)6-21/h5,9-13,21,23-26H,6H2,1-4H3,(H,17,22)(H2,18,19,20)/t9?,10-,11-,12-,13-/m1/s1. The van der Waals surface area contributed by atoms with Crippen LogP contribution in [0.3, 0.4) is 0 Å². The SMILES string of the molecule is CB(O)N=C(NB(C)O)NC1C=C(C)O[C@@H]([C@H](O)[C@H](O)CO)[C@@H]1NC(C)=O. The Kier molecular flexibility index (Phi) is 9.06. The van der Waals surface area contributed by atoms with Gasteiger partial charge in [-0.1, -0.05) is 0 Å². The van der Waals surface area contributed by atoms with Crippen molar-refractivity contribution in [3.05, 3.63) is 11.8 Å². The highest BCUT2D eigenvalue weighted by atomic mass is 16.5. The molecule has 5 atom stereocenters. The maximum atomic E-state index is 11.7. The normalized spacial score (nSPS) is 24.9. The summed E-state index contributed by atoms with van der Waals surface area (Å²) in [5.74, 6) is 0.0514. The Morgan fingerprint density at radius 1 is 1.33 bits per heavy atom. The van der Waals surface area contributed by atoms with Gasteiger partial charge in [-0.25, -0.2) is 0 Å². The molecule has 1 amide bonds. The van der Waals surface area contributed by atoms with Crippen LogP contribution in [0.1, 0.15) is 13.8 Å². The second kappa shape index (κ2) is 10.5. The fourth-order valence-electron chi connectivity index (χ4n) is 2.69. The van der Waals surface area contributed by atoms with Crippen LogP contribution in [-0.4, -0.2) is 88.3 Å². The molecule has 0 saturated heterocycles. The molecule has 8 N–H and O–H groups in total. The molecule has 0 bridgehead atoms. The zero-order chi connectivity index (χ0) is 20.7. The van der Waals surface area contributed by atoms with Crippen molar-refractivity contribution in [2.24, 2.45) is 4.90 Å². The van der Waals surface area contributed by atoms with E-state index in [1.165, 1.54) is 20.6 Å². The highest BCUT2D eigenvalue weighted by molar-refractivity contribution is 6.52. The van der Waals surface area contributed by atoms with Gasteiger partial charge >= 0.3 is 14.1 Å². The number of nitrogens with zero attached hydrogens (tertiary/aromatic N) is 1. The first-order valence-corrected chi connectivity index (χ1v) is 8.61. The molecule has 0 spiro atoms. The number of aliphatic hydroxyl groups excluding tert-OH is 3. The van der Waals surface area contributed by atoms with Crippen LogP contribution in [0.25, 0.3) is 0 Å². The van der Waals surface area contributed by atoms with Crippen molar-refractivity contribution in [3.8, 4) is 0 Å². The fraction of sp³-hybridized carbons (Fsp3) is 0.714. The molecule has 0 radical (unpaired) electrons. The number of ether oxygens (including phenoxy) is 1. The Morgan fingerprint density at radius 2 is 1.96 bits per heavy atom. The van der Waals surface area contributed by atoms with Crippen LogP contribution < -0.4 is 15.9 Å². The third-order valence-corrected chi connectivity index (χ3v) is 3.73. The highest BCUT2D eigenvalue weighted by Crippen LogP contribution is 2.22. The van der Waals surface area contributed by atoms with Gasteiger partial charge < -0.3 is 46.0 Å². The van der Waals surface area contributed by atoms with Crippen molar-refractivity contribution >= 4 is 26.0 Å². The van der Waals surface area contributed by atoms with E-state index >= 15 is 0 Å². The summed E-state index contributed by atoms with van der Waals surface area (Å²) in [6.07, 6.45) is -2.41. The highest BCUT2D eigenvalue weighted by Gasteiger charge is 2.42. The summed E-state index contributed by atoms with van der Waals surface area (Å²) in [7, 11) is -2.04. The van der Waals surface area contributed by atoms with Gasteiger partial charge in [0, 0.05) is 6.92 Å². The van der Waals surface area contributed by atoms with Gasteiger partial charge in [-0.3, -0.25) is 9.70 Å². The van der Waals surface area contributed by atoms with Crippen LogP contribution in [0.5, 0.6) is 0 Å². The van der Waals surface area contributed by atoms with Crippen LogP contribution in [0.15, 0.2) is 16.7 Å². The summed E-state index contributed by atoms with van der Waals surface area (Å²) >= 11 is 0. The van der Waals surface area contributed by atoms with Crippen LogP contribution in [-0.2, 0) is 9.53 Å². The van der Waals surface area contributed by atoms with Gasteiger partial charge in [-0.2, -0.15) is 0 Å². The molecule has 11 nitrogen and oxygen atoms in total. The Labute approximate surface area is 158 Å². The number of hydrogen-bond acceptors (Lipinski definition) is 8. The molecule has 13 heteroatoms. The van der Waals surface area contributed by atoms with Gasteiger partial charge in [0.25, 0.3) is 0 Å². The molecular weight excluding hydrogens is 358 g/mol. The van der Waals surface area contributed by atoms with Gasteiger partial charge in [0.05, 0.1) is 24.4 Å². The minimum Gasteiger partial charge on any atom is -0.490 e. The molecule has 0 aromatic heterocycles. The van der Waals surface area contributed by atoms with E-state index in [9.17, 15) is 25.1 Å². The largest absolute Gasteiger partial charge is 0.490 e. The first-order valence-electron chi connectivity index (χ1n) is 8.61. The molecule has 0 saturated carbocycles. The average molecular weight is 386 g/mol. The molecule has 1 aliphatic heterocycles. The predicted octanol–water partition coefficient (Wildman–Crippen LogP) is -3.37. The molecule has 0 fully saturated rings. The van der Waals surface area contributed by atoms with Crippen molar-refractivity contribution in [3.63, 3.8) is 0 Å². The van der Waals surface area contributed by atoms with Gasteiger partial charge in [-0.15, -0.1) is 0 Å². The van der Waals surface area contributed by atoms with Crippen molar-refractivity contribution in [2.45, 2.75) is 57.9 Å². The second-order valence-electron chi connectivity index (χ2n) is 6.43. The van der Waals surface area contributed by atoms with E-state index in [0.717, 1.165) is 0 Å². The number of carbonyl (C=O) groups excluding carboxylic acids is 1. The number of hydrogen-bond donors (Lipinski definition) is 8. The van der Waals surface area contributed by atoms with E-state index in [0.29, 0.717) is 5.76 Å². The lowest BCUT2D eigenvalue weighted by molar-refractivity contribution is -0.126. The average Bonchev–Trinajstić information content (AvgIpc) is 2.53. The van der Waals surface area contributed by atoms with Gasteiger partial charge in [0.15, 0.2) is 5.96 Å². The van der Waals surface area contributed by atoms with Crippen molar-refractivity contribution in [1.82, 2.24) is 15.9 Å².